The SMILES string of the molecule is OC(CCc1ccncc1)Cc1cc(Cl)ccc1F. The third kappa shape index (κ3) is 4.30. The molecule has 0 amide bonds. The third-order valence-electron chi connectivity index (χ3n) is 2.98. The molecule has 0 saturated carbocycles. The molecule has 0 aliphatic heterocycles. The summed E-state index contributed by atoms with van der Waals surface area (Å²) in [6.45, 7) is 0. The molecule has 0 spiro atoms. The highest BCUT2D eigenvalue weighted by atomic mass is 35.5. The van der Waals surface area contributed by atoms with Crippen LogP contribution in [0.5, 0.6) is 0 Å². The second-order valence-corrected chi connectivity index (χ2v) is 4.92. The molecule has 2 rings (SSSR count). The molecule has 1 aromatic carbocycles. The number of pyridine rings is 1. The van der Waals surface area contributed by atoms with E-state index in [1.165, 1.54) is 12.1 Å². The number of halogens is 2. The van der Waals surface area contributed by atoms with Crippen LogP contribution in [-0.4, -0.2) is 16.2 Å². The van der Waals surface area contributed by atoms with Crippen molar-refractivity contribution in [1.29, 1.82) is 0 Å². The van der Waals surface area contributed by atoms with Gasteiger partial charge in [-0.1, -0.05) is 11.6 Å². The Hall–Kier alpha value is -1.45. The van der Waals surface area contributed by atoms with Crippen LogP contribution in [0.25, 0.3) is 0 Å². The van der Waals surface area contributed by atoms with Gasteiger partial charge in [-0.2, -0.15) is 0 Å². The van der Waals surface area contributed by atoms with E-state index < -0.39 is 6.10 Å². The van der Waals surface area contributed by atoms with Crippen LogP contribution in [0.1, 0.15) is 17.5 Å². The number of aliphatic hydroxyl groups is 1. The first kappa shape index (κ1) is 14.0. The molecule has 0 fully saturated rings. The van der Waals surface area contributed by atoms with Gasteiger partial charge in [-0.05, 0) is 54.3 Å². The van der Waals surface area contributed by atoms with Gasteiger partial charge in [0.15, 0.2) is 0 Å². The van der Waals surface area contributed by atoms with E-state index in [-0.39, 0.29) is 12.2 Å². The summed E-state index contributed by atoms with van der Waals surface area (Å²) in [5.41, 5.74) is 1.57. The fraction of sp³-hybridized carbons (Fsp3) is 0.267. The molecule has 0 aliphatic rings. The smallest absolute Gasteiger partial charge is 0.126 e. The lowest BCUT2D eigenvalue weighted by molar-refractivity contribution is 0.164. The molecule has 4 heteroatoms. The minimum absolute atomic E-state index is 0.275. The van der Waals surface area contributed by atoms with E-state index in [0.717, 1.165) is 12.0 Å². The highest BCUT2D eigenvalue weighted by molar-refractivity contribution is 6.30. The fourth-order valence-corrected chi connectivity index (χ4v) is 2.13. The summed E-state index contributed by atoms with van der Waals surface area (Å²) in [4.78, 5) is 3.93. The highest BCUT2D eigenvalue weighted by Gasteiger charge is 2.10. The lowest BCUT2D eigenvalue weighted by atomic mass is 10.0. The summed E-state index contributed by atoms with van der Waals surface area (Å²) in [6.07, 6.45) is 4.46. The van der Waals surface area contributed by atoms with Crippen molar-refractivity contribution >= 4 is 11.6 Å². The normalized spacial score (nSPS) is 12.4. The molecular weight excluding hydrogens is 265 g/mol. The van der Waals surface area contributed by atoms with Gasteiger partial charge >= 0.3 is 0 Å². The monoisotopic (exact) mass is 279 g/mol. The largest absolute Gasteiger partial charge is 0.393 e. The van der Waals surface area contributed by atoms with Crippen LogP contribution in [0.2, 0.25) is 5.02 Å². The molecule has 1 atom stereocenters. The van der Waals surface area contributed by atoms with Gasteiger partial charge in [-0.15, -0.1) is 0 Å². The van der Waals surface area contributed by atoms with Crippen molar-refractivity contribution < 1.29 is 9.50 Å². The minimum atomic E-state index is -0.582. The van der Waals surface area contributed by atoms with E-state index in [1.807, 2.05) is 12.1 Å². The number of aromatic nitrogens is 1. The van der Waals surface area contributed by atoms with Crippen molar-refractivity contribution in [2.45, 2.75) is 25.4 Å². The van der Waals surface area contributed by atoms with Crippen molar-refractivity contribution in [1.82, 2.24) is 4.98 Å². The molecule has 2 nitrogen and oxygen atoms in total. The molecule has 2 aromatic rings. The topological polar surface area (TPSA) is 33.1 Å². The Morgan fingerprint density at radius 2 is 1.95 bits per heavy atom. The Morgan fingerprint density at radius 1 is 1.21 bits per heavy atom. The van der Waals surface area contributed by atoms with Gasteiger partial charge in [0.1, 0.15) is 5.82 Å². The maximum atomic E-state index is 13.5. The average Bonchev–Trinajstić information content (AvgIpc) is 2.42. The Labute approximate surface area is 116 Å². The molecule has 0 bridgehead atoms. The van der Waals surface area contributed by atoms with Crippen molar-refractivity contribution in [3.63, 3.8) is 0 Å². The molecule has 0 saturated heterocycles. The van der Waals surface area contributed by atoms with Gasteiger partial charge in [-0.25, -0.2) is 4.39 Å². The zero-order valence-corrected chi connectivity index (χ0v) is 11.1. The minimum Gasteiger partial charge on any atom is -0.393 e. The summed E-state index contributed by atoms with van der Waals surface area (Å²) >= 11 is 5.82. The first-order chi connectivity index (χ1) is 9.15. The molecule has 1 aromatic heterocycles. The number of aliphatic hydroxyl groups excluding tert-OH is 1. The maximum Gasteiger partial charge on any atom is 0.126 e. The highest BCUT2D eigenvalue weighted by Crippen LogP contribution is 2.17. The average molecular weight is 280 g/mol. The second-order valence-electron chi connectivity index (χ2n) is 4.49. The van der Waals surface area contributed by atoms with Gasteiger partial charge in [0.25, 0.3) is 0 Å². The summed E-state index contributed by atoms with van der Waals surface area (Å²) in [5.74, 6) is -0.327. The van der Waals surface area contributed by atoms with Crippen LogP contribution in [0, 0.1) is 5.82 Å². The van der Waals surface area contributed by atoms with E-state index in [9.17, 15) is 9.50 Å². The second kappa shape index (κ2) is 6.64. The Morgan fingerprint density at radius 3 is 2.68 bits per heavy atom. The van der Waals surface area contributed by atoms with Crippen molar-refractivity contribution in [3.05, 3.63) is 64.7 Å². The van der Waals surface area contributed by atoms with E-state index in [2.05, 4.69) is 4.98 Å². The predicted molar refractivity (Wildman–Crippen MR) is 73.7 cm³/mol. The molecule has 100 valence electrons. The quantitative estimate of drug-likeness (QED) is 0.910. The summed E-state index contributed by atoms with van der Waals surface area (Å²) < 4.78 is 13.5. The summed E-state index contributed by atoms with van der Waals surface area (Å²) in [7, 11) is 0. The number of benzene rings is 1. The van der Waals surface area contributed by atoms with Gasteiger partial charge in [0, 0.05) is 23.8 Å². The van der Waals surface area contributed by atoms with Crippen LogP contribution in [0.15, 0.2) is 42.7 Å². The van der Waals surface area contributed by atoms with Gasteiger partial charge in [0.05, 0.1) is 6.10 Å². The number of nitrogens with zero attached hydrogens (tertiary/aromatic N) is 1. The van der Waals surface area contributed by atoms with Crippen LogP contribution in [-0.2, 0) is 12.8 Å². The number of rotatable bonds is 5. The zero-order chi connectivity index (χ0) is 13.7. The summed E-state index contributed by atoms with van der Waals surface area (Å²) in [6, 6.07) is 8.21. The lowest BCUT2D eigenvalue weighted by Crippen LogP contribution is -2.12. The van der Waals surface area contributed by atoms with Crippen LogP contribution in [0.3, 0.4) is 0 Å². The van der Waals surface area contributed by atoms with Crippen molar-refractivity contribution in [2.24, 2.45) is 0 Å². The van der Waals surface area contributed by atoms with Gasteiger partial charge in [-0.3, -0.25) is 4.98 Å². The molecule has 1 unspecified atom stereocenters. The fourth-order valence-electron chi connectivity index (χ4n) is 1.94. The molecular formula is C15H15ClFNO. The summed E-state index contributed by atoms with van der Waals surface area (Å²) in [5, 5.41) is 10.4. The first-order valence-corrected chi connectivity index (χ1v) is 6.54. The number of hydrogen-bond acceptors (Lipinski definition) is 2. The third-order valence-corrected chi connectivity index (χ3v) is 3.21. The standard InChI is InChI=1S/C15H15ClFNO/c16-13-2-4-15(17)12(9-13)10-14(19)3-1-11-5-7-18-8-6-11/h2,4-9,14,19H,1,3,10H2. The lowest BCUT2D eigenvalue weighted by Gasteiger charge is -2.11. The van der Waals surface area contributed by atoms with Crippen molar-refractivity contribution in [2.75, 3.05) is 0 Å². The predicted octanol–water partition coefficient (Wildman–Crippen LogP) is 3.41. The van der Waals surface area contributed by atoms with E-state index >= 15 is 0 Å². The van der Waals surface area contributed by atoms with Gasteiger partial charge in [0.2, 0.25) is 0 Å². The molecule has 1 N–H and O–H groups in total. The Balaban J connectivity index is 1.90. The van der Waals surface area contributed by atoms with E-state index in [1.54, 1.807) is 18.5 Å². The Kier molecular flexibility index (Phi) is 4.88. The zero-order valence-electron chi connectivity index (χ0n) is 10.4. The molecule has 1 heterocycles. The molecule has 0 aliphatic carbocycles. The maximum absolute atomic E-state index is 13.5. The van der Waals surface area contributed by atoms with Crippen LogP contribution >= 0.6 is 11.6 Å². The van der Waals surface area contributed by atoms with E-state index in [4.69, 9.17) is 11.6 Å². The number of hydrogen-bond donors (Lipinski definition) is 1. The molecule has 19 heavy (non-hydrogen) atoms. The first-order valence-electron chi connectivity index (χ1n) is 6.16. The number of aryl methyl sites for hydroxylation is 1. The van der Waals surface area contributed by atoms with E-state index in [0.29, 0.717) is 17.0 Å². The van der Waals surface area contributed by atoms with Crippen molar-refractivity contribution in [3.8, 4) is 0 Å². The Bertz CT molecular complexity index is 533. The van der Waals surface area contributed by atoms with Gasteiger partial charge < -0.3 is 5.11 Å². The van der Waals surface area contributed by atoms with Crippen LogP contribution < -0.4 is 0 Å². The molecule has 0 radical (unpaired) electrons. The van der Waals surface area contributed by atoms with Crippen LogP contribution in [0.4, 0.5) is 4.39 Å².